The van der Waals surface area contributed by atoms with E-state index in [0.29, 0.717) is 45.2 Å². The second-order valence-electron chi connectivity index (χ2n) is 6.09. The smallest absolute Gasteiger partial charge is 0.225 e. The van der Waals surface area contributed by atoms with E-state index in [4.69, 9.17) is 0 Å². The topological polar surface area (TPSA) is 86.7 Å². The molecule has 0 atom stereocenters. The molecule has 9 heteroatoms. The fourth-order valence-corrected chi connectivity index (χ4v) is 4.59. The minimum atomic E-state index is -3.29. The van der Waals surface area contributed by atoms with Crippen molar-refractivity contribution in [2.75, 3.05) is 49.9 Å². The van der Waals surface area contributed by atoms with E-state index in [0.717, 1.165) is 12.8 Å². The standard InChI is InChI=1S/C15H23N5O3S/c21-14(4-13-24(22,23)20-7-1-2-8-20)18-9-11-19(12-10-18)15-16-5-3-6-17-15/h3,5-6H,1-2,4,7-13H2. The SMILES string of the molecule is O=C(CCS(=O)(=O)N1CCCC1)N1CCN(c2ncccn2)CC1. The average Bonchev–Trinajstić information content (AvgIpc) is 3.16. The predicted molar refractivity (Wildman–Crippen MR) is 90.0 cm³/mol. The summed E-state index contributed by atoms with van der Waals surface area (Å²) in [4.78, 5) is 24.5. The maximum atomic E-state index is 12.3. The molecule has 3 rings (SSSR count). The van der Waals surface area contributed by atoms with Crippen LogP contribution in [0.25, 0.3) is 0 Å². The molecule has 0 bridgehead atoms. The summed E-state index contributed by atoms with van der Waals surface area (Å²) in [6.07, 6.45) is 5.28. The molecule has 132 valence electrons. The number of rotatable bonds is 5. The molecule has 1 amide bonds. The zero-order chi connectivity index (χ0) is 17.0. The van der Waals surface area contributed by atoms with Crippen molar-refractivity contribution in [2.24, 2.45) is 0 Å². The number of aromatic nitrogens is 2. The molecule has 24 heavy (non-hydrogen) atoms. The van der Waals surface area contributed by atoms with Crippen LogP contribution in [0.5, 0.6) is 0 Å². The maximum Gasteiger partial charge on any atom is 0.225 e. The van der Waals surface area contributed by atoms with Gasteiger partial charge in [0.2, 0.25) is 21.9 Å². The number of carbonyl (C=O) groups excluding carboxylic acids is 1. The molecule has 2 saturated heterocycles. The lowest BCUT2D eigenvalue weighted by molar-refractivity contribution is -0.131. The largest absolute Gasteiger partial charge is 0.339 e. The Morgan fingerprint density at radius 1 is 1.00 bits per heavy atom. The molecule has 1 aromatic heterocycles. The average molecular weight is 353 g/mol. The van der Waals surface area contributed by atoms with E-state index in [1.807, 2.05) is 4.90 Å². The van der Waals surface area contributed by atoms with Crippen molar-refractivity contribution in [1.29, 1.82) is 0 Å². The van der Waals surface area contributed by atoms with Crippen LogP contribution in [0.4, 0.5) is 5.95 Å². The summed E-state index contributed by atoms with van der Waals surface area (Å²) < 4.78 is 25.9. The fraction of sp³-hybridized carbons (Fsp3) is 0.667. The third-order valence-corrected chi connectivity index (χ3v) is 6.37. The first-order valence-corrected chi connectivity index (χ1v) is 9.95. The summed E-state index contributed by atoms with van der Waals surface area (Å²) in [7, 11) is -3.29. The van der Waals surface area contributed by atoms with Gasteiger partial charge >= 0.3 is 0 Å². The lowest BCUT2D eigenvalue weighted by atomic mass is 10.3. The van der Waals surface area contributed by atoms with E-state index in [2.05, 4.69) is 9.97 Å². The summed E-state index contributed by atoms with van der Waals surface area (Å²) in [6.45, 7) is 3.64. The van der Waals surface area contributed by atoms with Gasteiger partial charge in [0.05, 0.1) is 5.75 Å². The molecule has 0 spiro atoms. The van der Waals surface area contributed by atoms with Gasteiger partial charge in [0.15, 0.2) is 0 Å². The van der Waals surface area contributed by atoms with Gasteiger partial charge in [-0.1, -0.05) is 0 Å². The van der Waals surface area contributed by atoms with Crippen LogP contribution in [-0.4, -0.2) is 78.5 Å². The second kappa shape index (κ2) is 7.43. The highest BCUT2D eigenvalue weighted by Gasteiger charge is 2.28. The van der Waals surface area contributed by atoms with Crippen LogP contribution in [0, 0.1) is 0 Å². The van der Waals surface area contributed by atoms with E-state index in [1.54, 1.807) is 23.4 Å². The molecule has 0 radical (unpaired) electrons. The van der Waals surface area contributed by atoms with Gasteiger partial charge in [-0.2, -0.15) is 0 Å². The van der Waals surface area contributed by atoms with Crippen molar-refractivity contribution in [3.63, 3.8) is 0 Å². The maximum absolute atomic E-state index is 12.3. The Morgan fingerprint density at radius 2 is 1.62 bits per heavy atom. The number of anilines is 1. The highest BCUT2D eigenvalue weighted by molar-refractivity contribution is 7.89. The van der Waals surface area contributed by atoms with Crippen molar-refractivity contribution in [1.82, 2.24) is 19.2 Å². The second-order valence-corrected chi connectivity index (χ2v) is 8.18. The third-order valence-electron chi connectivity index (χ3n) is 4.50. The van der Waals surface area contributed by atoms with Gasteiger partial charge in [0.25, 0.3) is 0 Å². The Kier molecular flexibility index (Phi) is 5.30. The Balaban J connectivity index is 1.47. The van der Waals surface area contributed by atoms with Crippen LogP contribution in [0.3, 0.4) is 0 Å². The zero-order valence-corrected chi connectivity index (χ0v) is 14.5. The molecule has 0 unspecified atom stereocenters. The lowest BCUT2D eigenvalue weighted by Gasteiger charge is -2.34. The van der Waals surface area contributed by atoms with Gasteiger partial charge in [0, 0.05) is 58.1 Å². The molecule has 0 saturated carbocycles. The number of amides is 1. The molecule has 1 aromatic rings. The summed E-state index contributed by atoms with van der Waals surface area (Å²) >= 11 is 0. The minimum Gasteiger partial charge on any atom is -0.339 e. The summed E-state index contributed by atoms with van der Waals surface area (Å²) in [6, 6.07) is 1.77. The molecule has 2 aliphatic rings. The lowest BCUT2D eigenvalue weighted by Crippen LogP contribution is -2.49. The van der Waals surface area contributed by atoms with Gasteiger partial charge in [-0.25, -0.2) is 22.7 Å². The first-order chi connectivity index (χ1) is 11.6. The van der Waals surface area contributed by atoms with E-state index in [-0.39, 0.29) is 18.1 Å². The van der Waals surface area contributed by atoms with Crippen LogP contribution in [0.2, 0.25) is 0 Å². The summed E-state index contributed by atoms with van der Waals surface area (Å²) in [5, 5.41) is 0. The van der Waals surface area contributed by atoms with Gasteiger partial charge in [-0.05, 0) is 18.9 Å². The fourth-order valence-electron chi connectivity index (χ4n) is 3.08. The number of hydrogen-bond acceptors (Lipinski definition) is 6. The zero-order valence-electron chi connectivity index (χ0n) is 13.7. The van der Waals surface area contributed by atoms with Crippen molar-refractivity contribution in [2.45, 2.75) is 19.3 Å². The van der Waals surface area contributed by atoms with E-state index in [1.165, 1.54) is 4.31 Å². The molecular formula is C15H23N5O3S. The monoisotopic (exact) mass is 353 g/mol. The van der Waals surface area contributed by atoms with Gasteiger partial charge in [0.1, 0.15) is 0 Å². The van der Waals surface area contributed by atoms with Crippen LogP contribution in [-0.2, 0) is 14.8 Å². The number of sulfonamides is 1. The molecule has 0 aliphatic carbocycles. The molecule has 3 heterocycles. The van der Waals surface area contributed by atoms with E-state index >= 15 is 0 Å². The predicted octanol–water partition coefficient (Wildman–Crippen LogP) is -0.0591. The first-order valence-electron chi connectivity index (χ1n) is 8.34. The molecule has 2 aliphatic heterocycles. The molecule has 2 fully saturated rings. The van der Waals surface area contributed by atoms with Crippen LogP contribution in [0.15, 0.2) is 18.5 Å². The molecular weight excluding hydrogens is 330 g/mol. The van der Waals surface area contributed by atoms with Gasteiger partial charge in [-0.3, -0.25) is 4.79 Å². The van der Waals surface area contributed by atoms with Crippen molar-refractivity contribution < 1.29 is 13.2 Å². The van der Waals surface area contributed by atoms with Crippen LogP contribution >= 0.6 is 0 Å². The van der Waals surface area contributed by atoms with E-state index in [9.17, 15) is 13.2 Å². The normalized spacial score (nSPS) is 19.7. The van der Waals surface area contributed by atoms with Gasteiger partial charge < -0.3 is 9.80 Å². The Bertz CT molecular complexity index is 653. The summed E-state index contributed by atoms with van der Waals surface area (Å²) in [5.41, 5.74) is 0. The number of hydrogen-bond donors (Lipinski definition) is 0. The van der Waals surface area contributed by atoms with Crippen LogP contribution < -0.4 is 4.90 Å². The van der Waals surface area contributed by atoms with Gasteiger partial charge in [-0.15, -0.1) is 0 Å². The quantitative estimate of drug-likeness (QED) is 0.737. The Labute approximate surface area is 142 Å². The van der Waals surface area contributed by atoms with Crippen molar-refractivity contribution >= 4 is 21.9 Å². The number of piperazine rings is 1. The van der Waals surface area contributed by atoms with Crippen LogP contribution in [0.1, 0.15) is 19.3 Å². The van der Waals surface area contributed by atoms with E-state index < -0.39 is 10.0 Å². The highest BCUT2D eigenvalue weighted by atomic mass is 32.2. The third kappa shape index (κ3) is 4.02. The summed E-state index contributed by atoms with van der Waals surface area (Å²) in [5.74, 6) is 0.487. The molecule has 0 N–H and O–H groups in total. The molecule has 0 aromatic carbocycles. The Hall–Kier alpha value is -1.74. The highest BCUT2D eigenvalue weighted by Crippen LogP contribution is 2.15. The number of nitrogens with zero attached hydrogens (tertiary/aromatic N) is 5. The van der Waals surface area contributed by atoms with Crippen molar-refractivity contribution in [3.8, 4) is 0 Å². The minimum absolute atomic E-state index is 0.0562. The number of carbonyl (C=O) groups is 1. The van der Waals surface area contributed by atoms with Crippen molar-refractivity contribution in [3.05, 3.63) is 18.5 Å². The first kappa shape index (κ1) is 17.1. The Morgan fingerprint density at radius 3 is 2.25 bits per heavy atom. The molecule has 8 nitrogen and oxygen atoms in total.